The normalized spacial score (nSPS) is 10.8. The standard InChI is InChI=1S/C14H17NO4S/c1-3-4-5-10-15-20(17,18)13-8-6-12(7-9-13)11-14(16)19-2/h1,6-9,15H,4-5,10-11H2,2H3. The van der Waals surface area contributed by atoms with Crippen molar-refractivity contribution in [3.63, 3.8) is 0 Å². The second-order valence-electron chi connectivity index (χ2n) is 4.10. The van der Waals surface area contributed by atoms with Crippen LogP contribution in [0.2, 0.25) is 0 Å². The maximum absolute atomic E-state index is 11.9. The molecule has 0 aliphatic heterocycles. The highest BCUT2D eigenvalue weighted by Crippen LogP contribution is 2.11. The van der Waals surface area contributed by atoms with Crippen LogP contribution in [0.4, 0.5) is 0 Å². The molecule has 0 saturated heterocycles. The molecule has 0 saturated carbocycles. The molecule has 1 aromatic carbocycles. The summed E-state index contributed by atoms with van der Waals surface area (Å²) in [5.74, 6) is 2.08. The number of terminal acetylenes is 1. The van der Waals surface area contributed by atoms with Gasteiger partial charge in [0.1, 0.15) is 0 Å². The van der Waals surface area contributed by atoms with Crippen molar-refractivity contribution in [2.45, 2.75) is 24.2 Å². The zero-order chi connectivity index (χ0) is 15.0. The molecule has 0 unspecified atom stereocenters. The minimum absolute atomic E-state index is 0.117. The molecule has 6 heteroatoms. The van der Waals surface area contributed by atoms with Gasteiger partial charge in [-0.25, -0.2) is 13.1 Å². The second-order valence-corrected chi connectivity index (χ2v) is 5.87. The highest BCUT2D eigenvalue weighted by molar-refractivity contribution is 7.89. The van der Waals surface area contributed by atoms with Gasteiger partial charge in [-0.3, -0.25) is 4.79 Å². The lowest BCUT2D eigenvalue weighted by atomic mass is 10.2. The largest absolute Gasteiger partial charge is 0.469 e. The minimum Gasteiger partial charge on any atom is -0.469 e. The second kappa shape index (κ2) is 7.68. The van der Waals surface area contributed by atoms with E-state index in [1.165, 1.54) is 19.2 Å². The van der Waals surface area contributed by atoms with Crippen molar-refractivity contribution in [2.75, 3.05) is 13.7 Å². The zero-order valence-electron chi connectivity index (χ0n) is 11.3. The summed E-state index contributed by atoms with van der Waals surface area (Å²) in [5.41, 5.74) is 0.697. The molecule has 1 N–H and O–H groups in total. The van der Waals surface area contributed by atoms with Crippen LogP contribution < -0.4 is 4.72 Å². The summed E-state index contributed by atoms with van der Waals surface area (Å²) in [5, 5.41) is 0. The number of rotatable bonds is 7. The Kier molecular flexibility index (Phi) is 6.22. The van der Waals surface area contributed by atoms with Gasteiger partial charge in [-0.1, -0.05) is 12.1 Å². The molecule has 0 heterocycles. The third-order valence-corrected chi connectivity index (χ3v) is 4.08. The van der Waals surface area contributed by atoms with Crippen molar-refractivity contribution in [3.05, 3.63) is 29.8 Å². The molecule has 108 valence electrons. The first kappa shape index (κ1) is 16.2. The van der Waals surface area contributed by atoms with Crippen LogP contribution in [0.1, 0.15) is 18.4 Å². The van der Waals surface area contributed by atoms with Crippen LogP contribution in [0, 0.1) is 12.3 Å². The van der Waals surface area contributed by atoms with E-state index in [0.717, 1.165) is 0 Å². The lowest BCUT2D eigenvalue weighted by Gasteiger charge is -2.07. The number of esters is 1. The fourth-order valence-electron chi connectivity index (χ4n) is 1.51. The van der Waals surface area contributed by atoms with Crippen LogP contribution in [-0.2, 0) is 26.0 Å². The lowest BCUT2D eigenvalue weighted by Crippen LogP contribution is -2.24. The molecule has 20 heavy (non-hydrogen) atoms. The Hall–Kier alpha value is -1.84. The van der Waals surface area contributed by atoms with Crippen LogP contribution in [0.5, 0.6) is 0 Å². The number of unbranched alkanes of at least 4 members (excludes halogenated alkanes) is 1. The van der Waals surface area contributed by atoms with Crippen molar-refractivity contribution in [1.82, 2.24) is 4.72 Å². The van der Waals surface area contributed by atoms with E-state index in [2.05, 4.69) is 15.4 Å². The van der Waals surface area contributed by atoms with Gasteiger partial charge in [-0.05, 0) is 24.1 Å². The van der Waals surface area contributed by atoms with Crippen LogP contribution in [0.3, 0.4) is 0 Å². The van der Waals surface area contributed by atoms with Gasteiger partial charge in [0.15, 0.2) is 0 Å². The van der Waals surface area contributed by atoms with E-state index in [1.807, 2.05) is 0 Å². The Morgan fingerprint density at radius 1 is 1.35 bits per heavy atom. The van der Waals surface area contributed by atoms with Crippen molar-refractivity contribution in [3.8, 4) is 12.3 Å². The van der Waals surface area contributed by atoms with Crippen LogP contribution in [0.15, 0.2) is 29.2 Å². The van der Waals surface area contributed by atoms with E-state index in [1.54, 1.807) is 12.1 Å². The number of methoxy groups -OCH3 is 1. The number of sulfonamides is 1. The average Bonchev–Trinajstić information content (AvgIpc) is 2.44. The van der Waals surface area contributed by atoms with Gasteiger partial charge < -0.3 is 4.74 Å². The zero-order valence-corrected chi connectivity index (χ0v) is 12.1. The van der Waals surface area contributed by atoms with Crippen molar-refractivity contribution < 1.29 is 17.9 Å². The summed E-state index contributed by atoms with van der Waals surface area (Å²) in [7, 11) is -2.22. The first-order valence-electron chi connectivity index (χ1n) is 6.08. The first-order valence-corrected chi connectivity index (χ1v) is 7.57. The topological polar surface area (TPSA) is 72.5 Å². The maximum Gasteiger partial charge on any atom is 0.309 e. The van der Waals surface area contributed by atoms with Gasteiger partial charge in [-0.2, -0.15) is 0 Å². The Morgan fingerprint density at radius 2 is 2.00 bits per heavy atom. The average molecular weight is 295 g/mol. The molecule has 0 radical (unpaired) electrons. The molecule has 0 aliphatic rings. The molecular formula is C14H17NO4S. The predicted molar refractivity (Wildman–Crippen MR) is 75.4 cm³/mol. The Labute approximate surface area is 119 Å². The molecule has 0 spiro atoms. The van der Waals surface area contributed by atoms with E-state index in [0.29, 0.717) is 24.9 Å². The quantitative estimate of drug-likeness (QED) is 0.464. The Bertz CT molecular complexity index is 585. The minimum atomic E-state index is -3.53. The Balaban J connectivity index is 2.67. The van der Waals surface area contributed by atoms with E-state index in [4.69, 9.17) is 6.42 Å². The molecule has 1 aromatic rings. The fourth-order valence-corrected chi connectivity index (χ4v) is 2.58. The number of hydrogen-bond acceptors (Lipinski definition) is 4. The highest BCUT2D eigenvalue weighted by atomic mass is 32.2. The third-order valence-electron chi connectivity index (χ3n) is 2.60. The molecule has 5 nitrogen and oxygen atoms in total. The van der Waals surface area contributed by atoms with Crippen LogP contribution in [0.25, 0.3) is 0 Å². The molecule has 1 rings (SSSR count). The highest BCUT2D eigenvalue weighted by Gasteiger charge is 2.13. The number of benzene rings is 1. The van der Waals surface area contributed by atoms with Gasteiger partial charge in [0, 0.05) is 13.0 Å². The van der Waals surface area contributed by atoms with Gasteiger partial charge in [-0.15, -0.1) is 12.3 Å². The summed E-state index contributed by atoms with van der Waals surface area (Å²) < 4.78 is 30.9. The molecule has 0 amide bonds. The first-order chi connectivity index (χ1) is 9.49. The van der Waals surface area contributed by atoms with Crippen molar-refractivity contribution in [2.24, 2.45) is 0 Å². The number of carbonyl (C=O) groups is 1. The van der Waals surface area contributed by atoms with E-state index in [-0.39, 0.29) is 17.3 Å². The molecule has 0 aliphatic carbocycles. The smallest absolute Gasteiger partial charge is 0.309 e. The van der Waals surface area contributed by atoms with Gasteiger partial charge in [0.25, 0.3) is 0 Å². The predicted octanol–water partition coefficient (Wildman–Crippen LogP) is 1.09. The summed E-state index contributed by atoms with van der Waals surface area (Å²) in [6.45, 7) is 0.302. The van der Waals surface area contributed by atoms with Crippen molar-refractivity contribution in [1.29, 1.82) is 0 Å². The fraction of sp³-hybridized carbons (Fsp3) is 0.357. The van der Waals surface area contributed by atoms with Gasteiger partial charge in [0.05, 0.1) is 18.4 Å². The summed E-state index contributed by atoms with van der Waals surface area (Å²) in [6.07, 6.45) is 6.33. The van der Waals surface area contributed by atoms with Crippen molar-refractivity contribution >= 4 is 16.0 Å². The Morgan fingerprint density at radius 3 is 2.55 bits per heavy atom. The third kappa shape index (κ3) is 5.03. The van der Waals surface area contributed by atoms with E-state index < -0.39 is 10.0 Å². The molecule has 0 atom stereocenters. The summed E-state index contributed by atoms with van der Waals surface area (Å²) >= 11 is 0. The SMILES string of the molecule is C#CCCCNS(=O)(=O)c1ccc(CC(=O)OC)cc1. The molecular weight excluding hydrogens is 278 g/mol. The molecule has 0 fully saturated rings. The number of ether oxygens (including phenoxy) is 1. The van der Waals surface area contributed by atoms with Crippen LogP contribution in [-0.4, -0.2) is 28.0 Å². The monoisotopic (exact) mass is 295 g/mol. The molecule has 0 bridgehead atoms. The van der Waals surface area contributed by atoms with E-state index >= 15 is 0 Å². The summed E-state index contributed by atoms with van der Waals surface area (Å²) in [4.78, 5) is 11.3. The maximum atomic E-state index is 11.9. The van der Waals surface area contributed by atoms with Gasteiger partial charge in [0.2, 0.25) is 10.0 Å². The number of carbonyl (C=O) groups excluding carboxylic acids is 1. The number of nitrogens with one attached hydrogen (secondary N) is 1. The van der Waals surface area contributed by atoms with Gasteiger partial charge >= 0.3 is 5.97 Å². The van der Waals surface area contributed by atoms with Crippen LogP contribution >= 0.6 is 0 Å². The van der Waals surface area contributed by atoms with E-state index in [9.17, 15) is 13.2 Å². The molecule has 0 aromatic heterocycles. The number of hydrogen-bond donors (Lipinski definition) is 1. The lowest BCUT2D eigenvalue weighted by molar-refractivity contribution is -0.139. The summed E-state index contributed by atoms with van der Waals surface area (Å²) in [6, 6.07) is 6.10.